The van der Waals surface area contributed by atoms with Crippen molar-refractivity contribution in [2.75, 3.05) is 6.61 Å². The fraction of sp³-hybridized carbons (Fsp3) is 0.316. The van der Waals surface area contributed by atoms with Crippen molar-refractivity contribution in [3.63, 3.8) is 0 Å². The average Bonchev–Trinajstić information content (AvgIpc) is 2.98. The molecule has 3 rings (SSSR count). The molecule has 0 bridgehead atoms. The number of nitrogens with one attached hydrogen (secondary N) is 1. The number of amides is 1. The molecule has 0 unspecified atom stereocenters. The van der Waals surface area contributed by atoms with E-state index in [1.54, 1.807) is 0 Å². The zero-order chi connectivity index (χ0) is 18.7. The summed E-state index contributed by atoms with van der Waals surface area (Å²) in [6.07, 6.45) is 0.967. The van der Waals surface area contributed by atoms with Crippen molar-refractivity contribution in [3.05, 3.63) is 63.2 Å². The van der Waals surface area contributed by atoms with E-state index in [-0.39, 0.29) is 24.2 Å². The fourth-order valence-corrected chi connectivity index (χ4v) is 2.92. The summed E-state index contributed by atoms with van der Waals surface area (Å²) in [6, 6.07) is 9.36. The number of benzene rings is 2. The molecule has 0 saturated carbocycles. The lowest BCUT2D eigenvalue weighted by Crippen LogP contribution is -2.23. The molecule has 1 aliphatic heterocycles. The van der Waals surface area contributed by atoms with E-state index >= 15 is 0 Å². The number of nitrogens with zero attached hydrogens (tertiary/aromatic N) is 1. The molecule has 1 aliphatic rings. The number of ether oxygens (including phenoxy) is 2. The lowest BCUT2D eigenvalue weighted by Gasteiger charge is -2.13. The van der Waals surface area contributed by atoms with E-state index in [0.717, 1.165) is 29.0 Å². The van der Waals surface area contributed by atoms with Crippen LogP contribution in [0.3, 0.4) is 0 Å². The Balaban J connectivity index is 1.73. The second kappa shape index (κ2) is 7.43. The first-order chi connectivity index (χ1) is 12.5. The molecule has 1 atom stereocenters. The minimum Gasteiger partial charge on any atom is -0.494 e. The Labute approximate surface area is 151 Å². The lowest BCUT2D eigenvalue weighted by atomic mass is 10.1. The molecule has 2 aromatic rings. The number of nitro groups is 1. The van der Waals surface area contributed by atoms with Gasteiger partial charge in [0, 0.05) is 41.8 Å². The first-order valence-corrected chi connectivity index (χ1v) is 8.45. The van der Waals surface area contributed by atoms with Crippen molar-refractivity contribution >= 4 is 11.6 Å². The first kappa shape index (κ1) is 17.7. The number of non-ortho nitro benzene ring substituents is 1. The van der Waals surface area contributed by atoms with Gasteiger partial charge in [-0.3, -0.25) is 14.9 Å². The van der Waals surface area contributed by atoms with E-state index < -0.39 is 4.92 Å². The zero-order valence-electron chi connectivity index (χ0n) is 14.7. The monoisotopic (exact) mass is 356 g/mol. The van der Waals surface area contributed by atoms with Crippen LogP contribution in [0.25, 0.3) is 0 Å². The van der Waals surface area contributed by atoms with Crippen molar-refractivity contribution < 1.29 is 19.2 Å². The average molecular weight is 356 g/mol. The van der Waals surface area contributed by atoms with Gasteiger partial charge in [-0.1, -0.05) is 0 Å². The quantitative estimate of drug-likeness (QED) is 0.634. The Morgan fingerprint density at radius 1 is 1.35 bits per heavy atom. The van der Waals surface area contributed by atoms with Crippen molar-refractivity contribution in [2.24, 2.45) is 0 Å². The molecule has 1 heterocycles. The van der Waals surface area contributed by atoms with Gasteiger partial charge in [0.2, 0.25) is 0 Å². The predicted octanol–water partition coefficient (Wildman–Crippen LogP) is 3.25. The maximum absolute atomic E-state index is 12.3. The summed E-state index contributed by atoms with van der Waals surface area (Å²) in [7, 11) is 0. The molecule has 0 saturated heterocycles. The van der Waals surface area contributed by atoms with Crippen LogP contribution in [-0.4, -0.2) is 23.5 Å². The van der Waals surface area contributed by atoms with Crippen LogP contribution in [0.4, 0.5) is 5.69 Å². The highest BCUT2D eigenvalue weighted by atomic mass is 16.6. The summed E-state index contributed by atoms with van der Waals surface area (Å²) in [5.74, 6) is 1.24. The highest BCUT2D eigenvalue weighted by Crippen LogP contribution is 2.35. The van der Waals surface area contributed by atoms with E-state index in [2.05, 4.69) is 5.32 Å². The van der Waals surface area contributed by atoms with Crippen molar-refractivity contribution in [3.8, 4) is 11.5 Å². The van der Waals surface area contributed by atoms with Gasteiger partial charge in [0.25, 0.3) is 11.6 Å². The Morgan fingerprint density at radius 2 is 2.08 bits per heavy atom. The van der Waals surface area contributed by atoms with Gasteiger partial charge >= 0.3 is 0 Å². The summed E-state index contributed by atoms with van der Waals surface area (Å²) < 4.78 is 11.5. The van der Waals surface area contributed by atoms with Gasteiger partial charge in [0.05, 0.1) is 11.5 Å². The Kier molecular flexibility index (Phi) is 5.06. The molecule has 0 fully saturated rings. The minimum atomic E-state index is -0.498. The smallest absolute Gasteiger partial charge is 0.269 e. The molecule has 136 valence electrons. The normalized spacial score (nSPS) is 15.1. The van der Waals surface area contributed by atoms with E-state index in [1.807, 2.05) is 26.0 Å². The number of hydrogen-bond donors (Lipinski definition) is 1. The third-order valence-corrected chi connectivity index (χ3v) is 4.16. The van der Waals surface area contributed by atoms with Crippen LogP contribution in [0.5, 0.6) is 11.5 Å². The van der Waals surface area contributed by atoms with Crippen LogP contribution in [0.15, 0.2) is 36.4 Å². The van der Waals surface area contributed by atoms with E-state index in [9.17, 15) is 14.9 Å². The van der Waals surface area contributed by atoms with Gasteiger partial charge < -0.3 is 14.8 Å². The van der Waals surface area contributed by atoms with Crippen molar-refractivity contribution in [2.45, 2.75) is 32.9 Å². The van der Waals surface area contributed by atoms with Crippen LogP contribution in [0.2, 0.25) is 0 Å². The van der Waals surface area contributed by atoms with E-state index in [0.29, 0.717) is 12.2 Å². The molecule has 0 aromatic heterocycles. The number of rotatable bonds is 6. The number of hydrogen-bond acceptors (Lipinski definition) is 5. The van der Waals surface area contributed by atoms with Crippen molar-refractivity contribution in [1.82, 2.24) is 5.32 Å². The summed E-state index contributed by atoms with van der Waals surface area (Å²) in [6.45, 7) is 4.72. The lowest BCUT2D eigenvalue weighted by molar-refractivity contribution is -0.384. The molecule has 2 aromatic carbocycles. The molecule has 7 heteroatoms. The molecule has 1 N–H and O–H groups in total. The Morgan fingerprint density at radius 3 is 2.73 bits per heavy atom. The maximum atomic E-state index is 12.3. The topological polar surface area (TPSA) is 90.7 Å². The Hall–Kier alpha value is -3.09. The summed E-state index contributed by atoms with van der Waals surface area (Å²) in [5.41, 5.74) is 2.24. The fourth-order valence-electron chi connectivity index (χ4n) is 2.92. The van der Waals surface area contributed by atoms with Gasteiger partial charge in [0.15, 0.2) is 0 Å². The van der Waals surface area contributed by atoms with Crippen LogP contribution in [0.1, 0.15) is 35.3 Å². The van der Waals surface area contributed by atoms with Crippen LogP contribution in [-0.2, 0) is 13.0 Å². The van der Waals surface area contributed by atoms with Gasteiger partial charge in [-0.2, -0.15) is 0 Å². The minimum absolute atomic E-state index is 0.0509. The standard InChI is InChI=1S/C19H20N2O5/c1-3-25-17-9-14-8-12(2)26-18(14)10-15(17)11-20-19(22)13-4-6-16(7-5-13)21(23)24/h4-7,9-10,12H,3,8,11H2,1-2H3,(H,20,22)/t12-/m1/s1. The SMILES string of the molecule is CCOc1cc2c(cc1CNC(=O)c1ccc([N+](=O)[O-])cc1)O[C@H](C)C2. The van der Waals surface area contributed by atoms with Crippen LogP contribution in [0, 0.1) is 10.1 Å². The second-order valence-corrected chi connectivity index (χ2v) is 6.12. The molecular formula is C19H20N2O5. The van der Waals surface area contributed by atoms with Crippen LogP contribution < -0.4 is 14.8 Å². The predicted molar refractivity (Wildman–Crippen MR) is 95.7 cm³/mol. The summed E-state index contributed by atoms with van der Waals surface area (Å²) >= 11 is 0. The van der Waals surface area contributed by atoms with Gasteiger partial charge in [0.1, 0.15) is 17.6 Å². The summed E-state index contributed by atoms with van der Waals surface area (Å²) in [4.78, 5) is 22.5. The van der Waals surface area contributed by atoms with Gasteiger partial charge in [-0.25, -0.2) is 0 Å². The third-order valence-electron chi connectivity index (χ3n) is 4.16. The number of carbonyl (C=O) groups excluding carboxylic acids is 1. The molecule has 0 spiro atoms. The van der Waals surface area contributed by atoms with Crippen molar-refractivity contribution in [1.29, 1.82) is 0 Å². The Bertz CT molecular complexity index is 833. The highest BCUT2D eigenvalue weighted by molar-refractivity contribution is 5.94. The largest absolute Gasteiger partial charge is 0.494 e. The zero-order valence-corrected chi connectivity index (χ0v) is 14.7. The number of nitro benzene ring substituents is 1. The molecule has 0 radical (unpaired) electrons. The molecule has 0 aliphatic carbocycles. The third kappa shape index (κ3) is 3.77. The molecule has 26 heavy (non-hydrogen) atoms. The maximum Gasteiger partial charge on any atom is 0.269 e. The van der Waals surface area contributed by atoms with Gasteiger partial charge in [-0.05, 0) is 38.1 Å². The first-order valence-electron chi connectivity index (χ1n) is 8.45. The van der Waals surface area contributed by atoms with E-state index in [4.69, 9.17) is 9.47 Å². The van der Waals surface area contributed by atoms with Gasteiger partial charge in [-0.15, -0.1) is 0 Å². The van der Waals surface area contributed by atoms with E-state index in [1.165, 1.54) is 24.3 Å². The summed E-state index contributed by atoms with van der Waals surface area (Å²) in [5, 5.41) is 13.5. The van der Waals surface area contributed by atoms with Crippen LogP contribution >= 0.6 is 0 Å². The molecule has 7 nitrogen and oxygen atoms in total. The number of fused-ring (bicyclic) bond motifs is 1. The molecular weight excluding hydrogens is 336 g/mol. The highest BCUT2D eigenvalue weighted by Gasteiger charge is 2.22. The molecule has 1 amide bonds. The second-order valence-electron chi connectivity index (χ2n) is 6.12. The number of carbonyl (C=O) groups is 1.